The number of rotatable bonds is 4. The van der Waals surface area contributed by atoms with Gasteiger partial charge in [0, 0.05) is 38.9 Å². The van der Waals surface area contributed by atoms with Gasteiger partial charge in [-0.25, -0.2) is 0 Å². The van der Waals surface area contributed by atoms with Crippen LogP contribution in [0, 0.1) is 11.3 Å². The van der Waals surface area contributed by atoms with Gasteiger partial charge in [-0.05, 0) is 32.0 Å². The Balaban J connectivity index is 1.91. The molecule has 0 spiro atoms. The zero-order valence-electron chi connectivity index (χ0n) is 12.8. The minimum absolute atomic E-state index is 0.295. The molecule has 0 aromatic heterocycles. The molecule has 1 saturated heterocycles. The second kappa shape index (κ2) is 7.13. The molecule has 1 aromatic rings. The van der Waals surface area contributed by atoms with Gasteiger partial charge < -0.3 is 9.64 Å². The fourth-order valence-corrected chi connectivity index (χ4v) is 2.94. The molecule has 1 fully saturated rings. The second-order valence-electron chi connectivity index (χ2n) is 5.71. The summed E-state index contributed by atoms with van der Waals surface area (Å²) >= 11 is 6.08. The third-order valence-electron chi connectivity index (χ3n) is 3.76. The van der Waals surface area contributed by atoms with Gasteiger partial charge in [0.15, 0.2) is 0 Å². The van der Waals surface area contributed by atoms with Crippen molar-refractivity contribution >= 4 is 17.3 Å². The van der Waals surface area contributed by atoms with Gasteiger partial charge in [-0.15, -0.1) is 0 Å². The van der Waals surface area contributed by atoms with Crippen LogP contribution in [0.2, 0.25) is 5.02 Å². The molecule has 114 valence electrons. The molecule has 2 rings (SSSR count). The van der Waals surface area contributed by atoms with E-state index in [1.54, 1.807) is 6.07 Å². The number of likely N-dealkylation sites (N-methyl/N-ethyl adjacent to an activating group) is 1. The van der Waals surface area contributed by atoms with Crippen LogP contribution in [0.4, 0.5) is 5.69 Å². The maximum atomic E-state index is 8.90. The van der Waals surface area contributed by atoms with Crippen LogP contribution in [0.15, 0.2) is 18.2 Å². The molecule has 0 unspecified atom stereocenters. The number of halogens is 1. The predicted octanol–water partition coefficient (Wildman–Crippen LogP) is 2.76. The van der Waals surface area contributed by atoms with Crippen molar-refractivity contribution in [1.29, 1.82) is 5.26 Å². The van der Waals surface area contributed by atoms with Crippen molar-refractivity contribution < 1.29 is 4.74 Å². The smallest absolute Gasteiger partial charge is 0.101 e. The lowest BCUT2D eigenvalue weighted by atomic mass is 10.2. The number of benzene rings is 1. The highest BCUT2D eigenvalue weighted by Crippen LogP contribution is 2.22. The Hall–Kier alpha value is -1.28. The lowest BCUT2D eigenvalue weighted by Crippen LogP contribution is -2.47. The average molecular weight is 308 g/mol. The standard InChI is InChI=1S/C16H22ClN3O/c1-12-10-20(11-13(2)21-12)7-6-19(3)15-5-4-14(9-18)16(17)8-15/h4-5,8,12-13H,6-7,10-11H2,1-3H3/t12-,13+. The van der Waals surface area contributed by atoms with Crippen molar-refractivity contribution in [2.75, 3.05) is 38.1 Å². The van der Waals surface area contributed by atoms with E-state index in [2.05, 4.69) is 29.7 Å². The molecule has 21 heavy (non-hydrogen) atoms. The maximum Gasteiger partial charge on any atom is 0.101 e. The summed E-state index contributed by atoms with van der Waals surface area (Å²) in [6.07, 6.45) is 0.590. The predicted molar refractivity (Wildman–Crippen MR) is 85.9 cm³/mol. The highest BCUT2D eigenvalue weighted by atomic mass is 35.5. The highest BCUT2D eigenvalue weighted by molar-refractivity contribution is 6.32. The first-order valence-electron chi connectivity index (χ1n) is 7.28. The number of hydrogen-bond acceptors (Lipinski definition) is 4. The Bertz CT molecular complexity index is 519. The summed E-state index contributed by atoms with van der Waals surface area (Å²) in [4.78, 5) is 4.60. The molecule has 0 bridgehead atoms. The lowest BCUT2D eigenvalue weighted by molar-refractivity contribution is -0.0670. The SMILES string of the molecule is C[C@@H]1CN(CCN(C)c2ccc(C#N)c(Cl)c2)C[C@H](C)O1. The molecule has 1 aliphatic heterocycles. The van der Waals surface area contributed by atoms with E-state index in [1.807, 2.05) is 19.2 Å². The van der Waals surface area contributed by atoms with E-state index in [0.717, 1.165) is 31.9 Å². The minimum atomic E-state index is 0.295. The van der Waals surface area contributed by atoms with E-state index in [9.17, 15) is 0 Å². The van der Waals surface area contributed by atoms with E-state index < -0.39 is 0 Å². The number of morpholine rings is 1. The van der Waals surface area contributed by atoms with E-state index in [4.69, 9.17) is 21.6 Å². The van der Waals surface area contributed by atoms with Crippen LogP contribution >= 0.6 is 11.6 Å². The Morgan fingerprint density at radius 3 is 2.62 bits per heavy atom. The summed E-state index contributed by atoms with van der Waals surface area (Å²) in [7, 11) is 2.05. The number of hydrogen-bond donors (Lipinski definition) is 0. The molecule has 0 N–H and O–H groups in total. The Labute approximate surface area is 131 Å². The Morgan fingerprint density at radius 2 is 2.05 bits per heavy atom. The Kier molecular flexibility index (Phi) is 5.46. The van der Waals surface area contributed by atoms with Crippen LogP contribution in [-0.4, -0.2) is 50.3 Å². The summed E-state index contributed by atoms with van der Waals surface area (Å²) in [5.41, 5.74) is 1.55. The van der Waals surface area contributed by atoms with Crippen molar-refractivity contribution in [2.45, 2.75) is 26.1 Å². The number of nitrogens with zero attached hydrogens (tertiary/aromatic N) is 3. The van der Waals surface area contributed by atoms with Gasteiger partial charge in [0.05, 0.1) is 22.8 Å². The van der Waals surface area contributed by atoms with Crippen molar-refractivity contribution in [3.05, 3.63) is 28.8 Å². The molecule has 0 saturated carbocycles. The van der Waals surface area contributed by atoms with Gasteiger partial charge in [0.2, 0.25) is 0 Å². The Morgan fingerprint density at radius 1 is 1.38 bits per heavy atom. The van der Waals surface area contributed by atoms with Gasteiger partial charge in [-0.2, -0.15) is 5.26 Å². The largest absolute Gasteiger partial charge is 0.373 e. The summed E-state index contributed by atoms with van der Waals surface area (Å²) in [5.74, 6) is 0. The van der Waals surface area contributed by atoms with Crippen molar-refractivity contribution in [2.24, 2.45) is 0 Å². The molecule has 1 aliphatic rings. The topological polar surface area (TPSA) is 39.5 Å². The van der Waals surface area contributed by atoms with E-state index in [0.29, 0.717) is 22.8 Å². The monoisotopic (exact) mass is 307 g/mol. The van der Waals surface area contributed by atoms with Gasteiger partial charge >= 0.3 is 0 Å². The first kappa shape index (κ1) is 16.1. The quantitative estimate of drug-likeness (QED) is 0.857. The second-order valence-corrected chi connectivity index (χ2v) is 6.12. The zero-order chi connectivity index (χ0) is 15.4. The van der Waals surface area contributed by atoms with Crippen molar-refractivity contribution in [1.82, 2.24) is 4.90 Å². The van der Waals surface area contributed by atoms with Gasteiger partial charge in [0.25, 0.3) is 0 Å². The fraction of sp³-hybridized carbons (Fsp3) is 0.562. The minimum Gasteiger partial charge on any atom is -0.373 e. The molecule has 0 radical (unpaired) electrons. The fourth-order valence-electron chi connectivity index (χ4n) is 2.72. The molecular weight excluding hydrogens is 286 g/mol. The van der Waals surface area contributed by atoms with Crippen LogP contribution in [0.1, 0.15) is 19.4 Å². The van der Waals surface area contributed by atoms with Crippen molar-refractivity contribution in [3.8, 4) is 6.07 Å². The summed E-state index contributed by atoms with van der Waals surface area (Å²) in [5, 5.41) is 9.41. The van der Waals surface area contributed by atoms with Crippen LogP contribution in [0.3, 0.4) is 0 Å². The van der Waals surface area contributed by atoms with E-state index in [1.165, 1.54) is 0 Å². The summed E-state index contributed by atoms with van der Waals surface area (Å²) in [6.45, 7) is 8.10. The van der Waals surface area contributed by atoms with Crippen LogP contribution in [0.25, 0.3) is 0 Å². The first-order chi connectivity index (χ1) is 9.99. The first-order valence-corrected chi connectivity index (χ1v) is 7.66. The molecule has 0 amide bonds. The third-order valence-corrected chi connectivity index (χ3v) is 4.07. The normalized spacial score (nSPS) is 22.8. The summed E-state index contributed by atoms with van der Waals surface area (Å²) < 4.78 is 5.75. The molecule has 4 nitrogen and oxygen atoms in total. The van der Waals surface area contributed by atoms with Crippen molar-refractivity contribution in [3.63, 3.8) is 0 Å². The molecule has 0 aliphatic carbocycles. The molecular formula is C16H22ClN3O. The summed E-state index contributed by atoms with van der Waals surface area (Å²) in [6, 6.07) is 7.64. The van der Waals surface area contributed by atoms with Gasteiger partial charge in [0.1, 0.15) is 6.07 Å². The lowest BCUT2D eigenvalue weighted by Gasteiger charge is -2.36. The third kappa shape index (κ3) is 4.34. The molecule has 1 aromatic carbocycles. The number of nitriles is 1. The highest BCUT2D eigenvalue weighted by Gasteiger charge is 2.21. The van der Waals surface area contributed by atoms with Crippen LogP contribution in [0.5, 0.6) is 0 Å². The molecule has 5 heteroatoms. The number of anilines is 1. The van der Waals surface area contributed by atoms with Gasteiger partial charge in [-0.3, -0.25) is 4.90 Å². The molecule has 2 atom stereocenters. The zero-order valence-corrected chi connectivity index (χ0v) is 13.6. The number of ether oxygens (including phenoxy) is 1. The maximum absolute atomic E-state index is 8.90. The average Bonchev–Trinajstić information content (AvgIpc) is 2.43. The van der Waals surface area contributed by atoms with Gasteiger partial charge in [-0.1, -0.05) is 11.6 Å². The van der Waals surface area contributed by atoms with Crippen LogP contribution < -0.4 is 4.90 Å². The van der Waals surface area contributed by atoms with E-state index in [-0.39, 0.29) is 0 Å². The van der Waals surface area contributed by atoms with E-state index >= 15 is 0 Å². The van der Waals surface area contributed by atoms with Crippen LogP contribution in [-0.2, 0) is 4.74 Å². The molecule has 1 heterocycles.